The Labute approximate surface area is 183 Å². The molecule has 2 aromatic rings. The second-order valence-corrected chi connectivity index (χ2v) is 10.7. The topological polar surface area (TPSA) is 92.8 Å². The zero-order valence-corrected chi connectivity index (χ0v) is 18.7. The molecule has 10 heteroatoms. The zero-order valence-electron chi connectivity index (χ0n) is 16.3. The summed E-state index contributed by atoms with van der Waals surface area (Å²) in [6, 6.07) is 6.43. The highest BCUT2D eigenvalue weighted by molar-refractivity contribution is 7.91. The van der Waals surface area contributed by atoms with E-state index in [-0.39, 0.29) is 28.7 Å². The van der Waals surface area contributed by atoms with Crippen molar-refractivity contribution in [3.05, 3.63) is 39.7 Å². The molecule has 0 radical (unpaired) electrons. The van der Waals surface area contributed by atoms with E-state index in [4.69, 9.17) is 16.3 Å². The predicted octanol–water partition coefficient (Wildman–Crippen LogP) is 3.71. The molecule has 2 aliphatic rings. The van der Waals surface area contributed by atoms with Gasteiger partial charge in [-0.15, -0.1) is 11.3 Å². The lowest BCUT2D eigenvalue weighted by Gasteiger charge is -2.31. The van der Waals surface area contributed by atoms with Crippen LogP contribution < -0.4 is 5.32 Å². The number of benzene rings is 1. The molecule has 0 saturated carbocycles. The standard InChI is InChI=1S/C20H21ClN2O5S2/c1-2-28-20(25)23-7-5-14(6-8-23)22-19(24)16-9-12-11-30(26,27)17-10-13(21)3-4-15(17)18(12)29-16/h3-4,9-10,14H,2,5-8,11H2,1H3,(H,22,24). The van der Waals surface area contributed by atoms with Crippen LogP contribution >= 0.6 is 22.9 Å². The van der Waals surface area contributed by atoms with E-state index in [1.807, 2.05) is 0 Å². The number of sulfone groups is 1. The molecule has 3 heterocycles. The highest BCUT2D eigenvalue weighted by atomic mass is 35.5. The normalized spacial score (nSPS) is 17.7. The van der Waals surface area contributed by atoms with E-state index < -0.39 is 9.84 Å². The van der Waals surface area contributed by atoms with E-state index in [0.29, 0.717) is 53.6 Å². The molecule has 30 heavy (non-hydrogen) atoms. The molecule has 0 aliphatic carbocycles. The molecule has 1 fully saturated rings. The first-order chi connectivity index (χ1) is 14.3. The minimum Gasteiger partial charge on any atom is -0.450 e. The Hall–Kier alpha value is -2.10. The van der Waals surface area contributed by atoms with Crippen LogP contribution in [0.15, 0.2) is 29.2 Å². The average Bonchev–Trinajstić information content (AvgIpc) is 3.12. The molecule has 7 nitrogen and oxygen atoms in total. The number of rotatable bonds is 3. The number of halogens is 1. The third-order valence-corrected chi connectivity index (χ3v) is 8.40. The van der Waals surface area contributed by atoms with E-state index in [2.05, 4.69) is 5.32 Å². The largest absolute Gasteiger partial charge is 0.450 e. The second kappa shape index (κ2) is 8.20. The second-order valence-electron chi connectivity index (χ2n) is 7.30. The summed E-state index contributed by atoms with van der Waals surface area (Å²) >= 11 is 7.27. The van der Waals surface area contributed by atoms with E-state index in [1.54, 1.807) is 30.0 Å². The van der Waals surface area contributed by atoms with Crippen molar-refractivity contribution in [3.63, 3.8) is 0 Å². The maximum absolute atomic E-state index is 12.8. The Morgan fingerprint density at radius 2 is 2.00 bits per heavy atom. The third kappa shape index (κ3) is 4.06. The molecule has 4 rings (SSSR count). The fourth-order valence-corrected chi connectivity index (χ4v) is 6.90. The maximum atomic E-state index is 12.8. The number of carbonyl (C=O) groups is 2. The van der Waals surface area contributed by atoms with Gasteiger partial charge < -0.3 is 15.0 Å². The quantitative estimate of drug-likeness (QED) is 0.741. The predicted molar refractivity (Wildman–Crippen MR) is 115 cm³/mol. The van der Waals surface area contributed by atoms with Crippen molar-refractivity contribution in [2.75, 3.05) is 19.7 Å². The monoisotopic (exact) mass is 468 g/mol. The van der Waals surface area contributed by atoms with E-state index in [0.717, 1.165) is 4.88 Å². The molecule has 1 saturated heterocycles. The minimum absolute atomic E-state index is 0.0443. The summed E-state index contributed by atoms with van der Waals surface area (Å²) in [4.78, 5) is 27.7. The van der Waals surface area contributed by atoms with Crippen LogP contribution in [0.5, 0.6) is 0 Å². The third-order valence-electron chi connectivity index (χ3n) is 5.26. The number of carbonyl (C=O) groups excluding carboxylic acids is 2. The molecular weight excluding hydrogens is 448 g/mol. The first kappa shape index (κ1) is 21.1. The Balaban J connectivity index is 1.48. The summed E-state index contributed by atoms with van der Waals surface area (Å²) in [6.45, 7) is 3.15. The van der Waals surface area contributed by atoms with Gasteiger partial charge in [-0.25, -0.2) is 13.2 Å². The van der Waals surface area contributed by atoms with Gasteiger partial charge in [0.15, 0.2) is 9.84 Å². The fraction of sp³-hybridized carbons (Fsp3) is 0.400. The summed E-state index contributed by atoms with van der Waals surface area (Å²) in [5.74, 6) is -0.367. The maximum Gasteiger partial charge on any atom is 0.409 e. The number of hydrogen-bond donors (Lipinski definition) is 1. The Morgan fingerprint density at radius 1 is 1.27 bits per heavy atom. The molecule has 0 spiro atoms. The van der Waals surface area contributed by atoms with Gasteiger partial charge >= 0.3 is 6.09 Å². The van der Waals surface area contributed by atoms with Crippen molar-refractivity contribution >= 4 is 44.8 Å². The SMILES string of the molecule is CCOC(=O)N1CCC(NC(=O)c2cc3c(s2)-c2ccc(Cl)cc2S(=O)(=O)C3)CC1. The van der Waals surface area contributed by atoms with Gasteiger partial charge in [-0.1, -0.05) is 17.7 Å². The Bertz CT molecular complexity index is 1100. The molecule has 2 amide bonds. The minimum atomic E-state index is -3.50. The highest BCUT2D eigenvalue weighted by Gasteiger charge is 2.32. The summed E-state index contributed by atoms with van der Waals surface area (Å²) in [7, 11) is -3.50. The lowest BCUT2D eigenvalue weighted by molar-refractivity contribution is 0.0862. The van der Waals surface area contributed by atoms with Crippen LogP contribution in [0.4, 0.5) is 4.79 Å². The van der Waals surface area contributed by atoms with E-state index >= 15 is 0 Å². The molecule has 1 aromatic heterocycles. The summed E-state index contributed by atoms with van der Waals surface area (Å²) in [5, 5.41) is 3.38. The molecule has 0 atom stereocenters. The van der Waals surface area contributed by atoms with Gasteiger partial charge in [0.1, 0.15) is 0 Å². The van der Waals surface area contributed by atoms with Crippen LogP contribution in [0.2, 0.25) is 5.02 Å². The van der Waals surface area contributed by atoms with Crippen LogP contribution in [0, 0.1) is 0 Å². The first-order valence-electron chi connectivity index (χ1n) is 9.66. The van der Waals surface area contributed by atoms with Crippen LogP contribution in [0.3, 0.4) is 0 Å². The van der Waals surface area contributed by atoms with Crippen LogP contribution in [-0.2, 0) is 20.3 Å². The number of thiophene rings is 1. The molecule has 0 bridgehead atoms. The summed E-state index contributed by atoms with van der Waals surface area (Å²) in [5.41, 5.74) is 1.23. The molecule has 1 N–H and O–H groups in total. The number of hydrogen-bond acceptors (Lipinski definition) is 6. The van der Waals surface area contributed by atoms with Gasteiger partial charge in [-0.2, -0.15) is 0 Å². The Morgan fingerprint density at radius 3 is 2.70 bits per heavy atom. The molecule has 2 aliphatic heterocycles. The van der Waals surface area contributed by atoms with Crippen molar-refractivity contribution < 1.29 is 22.7 Å². The van der Waals surface area contributed by atoms with Crippen molar-refractivity contribution in [1.82, 2.24) is 10.2 Å². The average molecular weight is 469 g/mol. The van der Waals surface area contributed by atoms with E-state index in [1.165, 1.54) is 17.4 Å². The fourth-order valence-electron chi connectivity index (χ4n) is 3.78. The number of likely N-dealkylation sites (tertiary alicyclic amines) is 1. The molecule has 160 valence electrons. The smallest absolute Gasteiger partial charge is 0.409 e. The van der Waals surface area contributed by atoms with Crippen LogP contribution in [0.25, 0.3) is 10.4 Å². The summed E-state index contributed by atoms with van der Waals surface area (Å²) in [6.07, 6.45) is 0.963. The number of ether oxygens (including phenoxy) is 1. The van der Waals surface area contributed by atoms with Gasteiger partial charge in [-0.05, 0) is 43.5 Å². The van der Waals surface area contributed by atoms with Gasteiger partial charge in [-0.3, -0.25) is 4.79 Å². The number of nitrogens with zero attached hydrogens (tertiary/aromatic N) is 1. The van der Waals surface area contributed by atoms with Crippen molar-refractivity contribution in [1.29, 1.82) is 0 Å². The van der Waals surface area contributed by atoms with Crippen molar-refractivity contribution in [2.24, 2.45) is 0 Å². The van der Waals surface area contributed by atoms with Gasteiger partial charge in [0.25, 0.3) is 5.91 Å². The molecule has 0 unspecified atom stereocenters. The molecular formula is C20H21ClN2O5S2. The van der Waals surface area contributed by atoms with E-state index in [9.17, 15) is 18.0 Å². The number of fused-ring (bicyclic) bond motifs is 3. The lowest BCUT2D eigenvalue weighted by Crippen LogP contribution is -2.46. The van der Waals surface area contributed by atoms with Gasteiger partial charge in [0, 0.05) is 34.6 Å². The Kier molecular flexibility index (Phi) is 5.78. The van der Waals surface area contributed by atoms with Crippen molar-refractivity contribution in [3.8, 4) is 10.4 Å². The van der Waals surface area contributed by atoms with Gasteiger partial charge in [0.2, 0.25) is 0 Å². The number of nitrogens with one attached hydrogen (secondary N) is 1. The first-order valence-corrected chi connectivity index (χ1v) is 12.5. The zero-order chi connectivity index (χ0) is 21.5. The number of piperidine rings is 1. The van der Waals surface area contributed by atoms with Crippen LogP contribution in [0.1, 0.15) is 35.0 Å². The van der Waals surface area contributed by atoms with Crippen LogP contribution in [-0.4, -0.2) is 51.1 Å². The summed E-state index contributed by atoms with van der Waals surface area (Å²) < 4.78 is 30.2. The molecule has 1 aromatic carbocycles. The van der Waals surface area contributed by atoms with Gasteiger partial charge in [0.05, 0.1) is 22.1 Å². The van der Waals surface area contributed by atoms with Crippen molar-refractivity contribution in [2.45, 2.75) is 36.5 Å². The lowest BCUT2D eigenvalue weighted by atomic mass is 10.1. The number of amides is 2. The highest BCUT2D eigenvalue weighted by Crippen LogP contribution is 2.43.